The molecule has 4 nitrogen and oxygen atoms in total. The summed E-state index contributed by atoms with van der Waals surface area (Å²) in [6.07, 6.45) is 1.86. The van der Waals surface area contributed by atoms with Crippen LogP contribution in [0.25, 0.3) is 0 Å². The molecule has 1 aliphatic heterocycles. The van der Waals surface area contributed by atoms with Gasteiger partial charge in [0.25, 0.3) is 0 Å². The smallest absolute Gasteiger partial charge is 0.225 e. The van der Waals surface area contributed by atoms with Crippen LogP contribution in [0.4, 0.5) is 0 Å². The van der Waals surface area contributed by atoms with Gasteiger partial charge in [0, 0.05) is 24.0 Å². The average Bonchev–Trinajstić information content (AvgIpc) is 2.60. The third-order valence-electron chi connectivity index (χ3n) is 3.35. The molecule has 0 aliphatic carbocycles. The minimum atomic E-state index is 0. The van der Waals surface area contributed by atoms with E-state index in [1.54, 1.807) is 11.3 Å². The molecule has 110 valence electrons. The highest BCUT2D eigenvalue weighted by molar-refractivity contribution is 7.11. The minimum absolute atomic E-state index is 0. The summed E-state index contributed by atoms with van der Waals surface area (Å²) in [7, 11) is 1.87. The van der Waals surface area contributed by atoms with Gasteiger partial charge in [0.15, 0.2) is 0 Å². The first-order valence-electron chi connectivity index (χ1n) is 5.95. The van der Waals surface area contributed by atoms with Crippen LogP contribution in [0.15, 0.2) is 6.20 Å². The Hall–Kier alpha value is -0.360. The maximum atomic E-state index is 12.2. The van der Waals surface area contributed by atoms with E-state index in [9.17, 15) is 4.79 Å². The SMILES string of the molecule is Cc1ncc(CN(C)C(=O)C(C)C2CNC2)s1.Cl.Cl. The van der Waals surface area contributed by atoms with Gasteiger partial charge in [-0.25, -0.2) is 4.98 Å². The van der Waals surface area contributed by atoms with E-state index in [1.165, 1.54) is 0 Å². The van der Waals surface area contributed by atoms with E-state index in [0.717, 1.165) is 23.0 Å². The summed E-state index contributed by atoms with van der Waals surface area (Å²) < 4.78 is 0. The molecule has 0 aromatic carbocycles. The summed E-state index contributed by atoms with van der Waals surface area (Å²) in [4.78, 5) is 19.3. The summed E-state index contributed by atoms with van der Waals surface area (Å²) >= 11 is 1.66. The van der Waals surface area contributed by atoms with E-state index in [-0.39, 0.29) is 36.6 Å². The summed E-state index contributed by atoms with van der Waals surface area (Å²) in [6.45, 7) is 6.64. The molecular formula is C12H21Cl2N3OS. The van der Waals surface area contributed by atoms with Crippen LogP contribution >= 0.6 is 36.2 Å². The molecule has 1 atom stereocenters. The van der Waals surface area contributed by atoms with Crippen LogP contribution in [0.1, 0.15) is 16.8 Å². The molecule has 19 heavy (non-hydrogen) atoms. The average molecular weight is 326 g/mol. The Kier molecular flexibility index (Phi) is 7.89. The molecule has 1 aliphatic rings. The Morgan fingerprint density at radius 2 is 2.21 bits per heavy atom. The van der Waals surface area contributed by atoms with Gasteiger partial charge in [0.05, 0.1) is 11.6 Å². The van der Waals surface area contributed by atoms with Crippen LogP contribution in [0.2, 0.25) is 0 Å². The Morgan fingerprint density at radius 3 is 2.63 bits per heavy atom. The van der Waals surface area contributed by atoms with Crippen molar-refractivity contribution in [2.45, 2.75) is 20.4 Å². The predicted molar refractivity (Wildman–Crippen MR) is 83.3 cm³/mol. The van der Waals surface area contributed by atoms with Crippen LogP contribution in [-0.2, 0) is 11.3 Å². The molecule has 1 amide bonds. The fourth-order valence-corrected chi connectivity index (χ4v) is 2.85. The van der Waals surface area contributed by atoms with Crippen molar-refractivity contribution in [2.75, 3.05) is 20.1 Å². The number of halogens is 2. The van der Waals surface area contributed by atoms with Crippen molar-refractivity contribution in [3.63, 3.8) is 0 Å². The highest BCUT2D eigenvalue weighted by Gasteiger charge is 2.30. The van der Waals surface area contributed by atoms with Crippen LogP contribution in [0.3, 0.4) is 0 Å². The molecule has 1 N–H and O–H groups in total. The van der Waals surface area contributed by atoms with E-state index in [4.69, 9.17) is 0 Å². The van der Waals surface area contributed by atoms with Crippen molar-refractivity contribution in [1.29, 1.82) is 0 Å². The van der Waals surface area contributed by atoms with E-state index >= 15 is 0 Å². The Balaban J connectivity index is 0.00000162. The zero-order valence-electron chi connectivity index (χ0n) is 11.4. The molecule has 2 rings (SSSR count). The van der Waals surface area contributed by atoms with Crippen molar-refractivity contribution in [3.05, 3.63) is 16.1 Å². The lowest BCUT2D eigenvalue weighted by atomic mass is 9.88. The van der Waals surface area contributed by atoms with Gasteiger partial charge >= 0.3 is 0 Å². The second-order valence-electron chi connectivity index (χ2n) is 4.75. The Morgan fingerprint density at radius 1 is 1.58 bits per heavy atom. The third kappa shape index (κ3) is 4.60. The van der Waals surface area contributed by atoms with Gasteiger partial charge in [-0.3, -0.25) is 4.79 Å². The third-order valence-corrected chi connectivity index (χ3v) is 4.25. The van der Waals surface area contributed by atoms with E-state index in [2.05, 4.69) is 10.3 Å². The summed E-state index contributed by atoms with van der Waals surface area (Å²) in [6, 6.07) is 0. The second-order valence-corrected chi connectivity index (χ2v) is 6.07. The molecule has 1 aromatic heterocycles. The lowest BCUT2D eigenvalue weighted by Gasteiger charge is -2.33. The molecule has 2 heterocycles. The van der Waals surface area contributed by atoms with Crippen LogP contribution in [-0.4, -0.2) is 35.9 Å². The van der Waals surface area contributed by atoms with E-state index in [1.807, 2.05) is 32.0 Å². The normalized spacial score (nSPS) is 15.7. The molecule has 1 unspecified atom stereocenters. The largest absolute Gasteiger partial charge is 0.340 e. The number of hydrogen-bond donors (Lipinski definition) is 1. The second kappa shape index (κ2) is 8.04. The molecule has 0 radical (unpaired) electrons. The quantitative estimate of drug-likeness (QED) is 0.922. The molecule has 0 spiro atoms. The summed E-state index contributed by atoms with van der Waals surface area (Å²) in [5, 5.41) is 4.26. The molecule has 1 aromatic rings. The van der Waals surface area contributed by atoms with Gasteiger partial charge in [0.1, 0.15) is 0 Å². The standard InChI is InChI=1S/C12H19N3OS.2ClH/c1-8(10-4-13-5-10)12(16)15(3)7-11-6-14-9(2)17-11;;/h6,8,10,13H,4-5,7H2,1-3H3;2*1H. The molecule has 1 fully saturated rings. The fourth-order valence-electron chi connectivity index (χ4n) is 2.00. The van der Waals surface area contributed by atoms with Crippen LogP contribution in [0, 0.1) is 18.8 Å². The number of carbonyl (C=O) groups is 1. The van der Waals surface area contributed by atoms with Crippen LogP contribution < -0.4 is 5.32 Å². The lowest BCUT2D eigenvalue weighted by Crippen LogP contribution is -2.49. The number of hydrogen-bond acceptors (Lipinski definition) is 4. The zero-order chi connectivity index (χ0) is 12.4. The first kappa shape index (κ1) is 18.6. The van der Waals surface area contributed by atoms with E-state index in [0.29, 0.717) is 12.5 Å². The molecule has 0 bridgehead atoms. The maximum Gasteiger partial charge on any atom is 0.225 e. The number of nitrogens with one attached hydrogen (secondary N) is 1. The minimum Gasteiger partial charge on any atom is -0.340 e. The van der Waals surface area contributed by atoms with Gasteiger partial charge in [0.2, 0.25) is 5.91 Å². The first-order valence-corrected chi connectivity index (χ1v) is 6.76. The highest BCUT2D eigenvalue weighted by atomic mass is 35.5. The number of nitrogens with zero attached hydrogens (tertiary/aromatic N) is 2. The predicted octanol–water partition coefficient (Wildman–Crippen LogP) is 2.11. The first-order chi connectivity index (χ1) is 8.08. The fraction of sp³-hybridized carbons (Fsp3) is 0.667. The number of carbonyl (C=O) groups excluding carboxylic acids is 1. The number of amides is 1. The maximum absolute atomic E-state index is 12.2. The number of aromatic nitrogens is 1. The topological polar surface area (TPSA) is 45.2 Å². The lowest BCUT2D eigenvalue weighted by molar-refractivity contribution is -0.136. The number of aryl methyl sites for hydroxylation is 1. The Bertz CT molecular complexity index is 409. The van der Waals surface area contributed by atoms with Gasteiger partial charge in [-0.2, -0.15) is 0 Å². The zero-order valence-corrected chi connectivity index (χ0v) is 13.8. The van der Waals surface area contributed by atoms with Crippen molar-refractivity contribution in [2.24, 2.45) is 11.8 Å². The summed E-state index contributed by atoms with van der Waals surface area (Å²) in [5.41, 5.74) is 0. The van der Waals surface area contributed by atoms with Gasteiger partial charge < -0.3 is 10.2 Å². The van der Waals surface area contributed by atoms with Gasteiger partial charge in [-0.15, -0.1) is 36.2 Å². The van der Waals surface area contributed by atoms with Gasteiger partial charge in [-0.1, -0.05) is 6.92 Å². The van der Waals surface area contributed by atoms with Gasteiger partial charge in [-0.05, 0) is 25.9 Å². The van der Waals surface area contributed by atoms with Crippen molar-refractivity contribution in [1.82, 2.24) is 15.2 Å². The van der Waals surface area contributed by atoms with Crippen LogP contribution in [0.5, 0.6) is 0 Å². The Labute approximate surface area is 130 Å². The summed E-state index contributed by atoms with van der Waals surface area (Å²) in [5.74, 6) is 0.867. The van der Waals surface area contributed by atoms with E-state index < -0.39 is 0 Å². The van der Waals surface area contributed by atoms with Crippen molar-refractivity contribution < 1.29 is 4.79 Å². The highest BCUT2D eigenvalue weighted by Crippen LogP contribution is 2.20. The molecule has 7 heteroatoms. The monoisotopic (exact) mass is 325 g/mol. The number of thiazole rings is 1. The molecule has 1 saturated heterocycles. The van der Waals surface area contributed by atoms with Crippen molar-refractivity contribution in [3.8, 4) is 0 Å². The number of rotatable bonds is 4. The molecule has 0 saturated carbocycles. The molecular weight excluding hydrogens is 305 g/mol. The van der Waals surface area contributed by atoms with Crippen molar-refractivity contribution >= 4 is 42.1 Å².